The van der Waals surface area contributed by atoms with E-state index in [1.165, 1.54) is 24.3 Å². The number of esters is 4. The molecule has 45 heavy (non-hydrogen) atoms. The molecule has 1 aliphatic heterocycles. The third kappa shape index (κ3) is 9.37. The summed E-state index contributed by atoms with van der Waals surface area (Å²) in [6.45, 7) is 3.69. The Morgan fingerprint density at radius 2 is 1.42 bits per heavy atom. The lowest BCUT2D eigenvalue weighted by Gasteiger charge is -2.44. The third-order valence-electron chi connectivity index (χ3n) is 6.32. The van der Waals surface area contributed by atoms with E-state index in [1.807, 2.05) is 0 Å². The lowest BCUT2D eigenvalue weighted by molar-refractivity contribution is -0.384. The number of carbonyl (C=O) groups is 5. The molecule has 0 unspecified atom stereocenters. The number of aryl methyl sites for hydroxylation is 1. The smallest absolute Gasteiger partial charge is 0.303 e. The van der Waals surface area contributed by atoms with Crippen molar-refractivity contribution in [3.05, 3.63) is 57.6 Å². The molecule has 16 heteroatoms. The number of ether oxygens (including phenoxy) is 6. The van der Waals surface area contributed by atoms with Crippen molar-refractivity contribution in [2.75, 3.05) is 6.61 Å². The molecule has 16 nitrogen and oxygen atoms in total. The highest BCUT2D eigenvalue weighted by atomic mass is 16.7. The van der Waals surface area contributed by atoms with Crippen LogP contribution in [0.3, 0.4) is 0 Å². The van der Waals surface area contributed by atoms with Gasteiger partial charge in [0, 0.05) is 58.4 Å². The Kier molecular flexibility index (Phi) is 11.4. The predicted molar refractivity (Wildman–Crippen MR) is 148 cm³/mol. The van der Waals surface area contributed by atoms with Crippen LogP contribution in [0.4, 0.5) is 5.69 Å². The average molecular weight is 634 g/mol. The fourth-order valence-electron chi connectivity index (χ4n) is 4.54. The summed E-state index contributed by atoms with van der Waals surface area (Å²) in [5, 5.41) is 31.8. The summed E-state index contributed by atoms with van der Waals surface area (Å²) in [4.78, 5) is 71.4. The summed E-state index contributed by atoms with van der Waals surface area (Å²) < 4.78 is 32.8. The van der Waals surface area contributed by atoms with E-state index in [-0.39, 0.29) is 18.5 Å². The van der Waals surface area contributed by atoms with Crippen LogP contribution in [0.25, 0.3) is 0 Å². The Bertz CT molecular complexity index is 1450. The highest BCUT2D eigenvalue weighted by molar-refractivity contribution is 6.01. The molecule has 0 spiro atoms. The molecule has 0 saturated carbocycles. The number of Topliss-reactive ketones (excluding diaryl/α,β-unsaturated/α-hetero) is 1. The van der Waals surface area contributed by atoms with E-state index in [2.05, 4.69) is 0 Å². The first-order valence-corrected chi connectivity index (χ1v) is 13.5. The van der Waals surface area contributed by atoms with Crippen molar-refractivity contribution in [1.82, 2.24) is 0 Å². The zero-order valence-electron chi connectivity index (χ0n) is 24.6. The Labute approximate surface area is 255 Å². The first-order valence-electron chi connectivity index (χ1n) is 13.5. The SMILES string of the molecule is CC(=O)OC[C@H]1O[C@@H](Oc2cc(O)cc(O)c2C(=O)CCc2ccc([N+](=O)[O-])cc2)[C@@H](OC(C)=O)[C@H](OC(C)=O)[C@H]1OC(C)=O. The maximum Gasteiger partial charge on any atom is 0.303 e. The van der Waals surface area contributed by atoms with Crippen molar-refractivity contribution in [2.45, 2.75) is 71.2 Å². The number of hydrogen-bond donors (Lipinski definition) is 2. The van der Waals surface area contributed by atoms with Gasteiger partial charge in [-0.05, 0) is 12.0 Å². The number of carbonyl (C=O) groups excluding carboxylic acids is 5. The van der Waals surface area contributed by atoms with Gasteiger partial charge >= 0.3 is 23.9 Å². The van der Waals surface area contributed by atoms with Gasteiger partial charge in [0.25, 0.3) is 5.69 Å². The Morgan fingerprint density at radius 3 is 1.98 bits per heavy atom. The van der Waals surface area contributed by atoms with Crippen LogP contribution in [-0.2, 0) is 49.3 Å². The Morgan fingerprint density at radius 1 is 0.844 bits per heavy atom. The monoisotopic (exact) mass is 633 g/mol. The largest absolute Gasteiger partial charge is 0.508 e. The van der Waals surface area contributed by atoms with E-state index in [0.29, 0.717) is 5.56 Å². The molecule has 2 N–H and O–H groups in total. The van der Waals surface area contributed by atoms with Crippen LogP contribution in [-0.4, -0.2) is 82.1 Å². The lowest BCUT2D eigenvalue weighted by Crippen LogP contribution is -2.63. The molecular weight excluding hydrogens is 602 g/mol. The van der Waals surface area contributed by atoms with Gasteiger partial charge in [0.15, 0.2) is 18.0 Å². The van der Waals surface area contributed by atoms with Gasteiger partial charge in [-0.3, -0.25) is 34.1 Å². The van der Waals surface area contributed by atoms with E-state index in [0.717, 1.165) is 39.8 Å². The van der Waals surface area contributed by atoms with Crippen LogP contribution in [0, 0.1) is 10.1 Å². The number of nitro benzene ring substituents is 1. The maximum atomic E-state index is 13.3. The van der Waals surface area contributed by atoms with Crippen molar-refractivity contribution in [2.24, 2.45) is 0 Å². The van der Waals surface area contributed by atoms with E-state index in [1.54, 1.807) is 0 Å². The van der Waals surface area contributed by atoms with Crippen molar-refractivity contribution < 1.29 is 67.5 Å². The first kappa shape index (κ1) is 34.2. The van der Waals surface area contributed by atoms with Crippen LogP contribution in [0.15, 0.2) is 36.4 Å². The number of phenolic OH excluding ortho intramolecular Hbond substituents is 2. The number of ketones is 1. The summed E-state index contributed by atoms with van der Waals surface area (Å²) in [6.07, 6.45) is -7.88. The minimum Gasteiger partial charge on any atom is -0.508 e. The summed E-state index contributed by atoms with van der Waals surface area (Å²) >= 11 is 0. The van der Waals surface area contributed by atoms with Crippen molar-refractivity contribution in [1.29, 1.82) is 0 Å². The minimum absolute atomic E-state index is 0.107. The standard InChI is InChI=1S/C29H31NO15/c1-14(31)40-13-24-26(41-15(2)32)27(42-16(3)33)28(43-17(4)34)29(45-24)44-23-12-20(35)11-22(37)25(23)21(36)10-7-18-5-8-19(9-6-18)30(38)39/h5-6,8-9,11-12,24,26-29,35,37H,7,10,13H2,1-4H3/t24-,26+,27-,28+,29-/m1/s1. The lowest BCUT2D eigenvalue weighted by atomic mass is 9.97. The zero-order valence-corrected chi connectivity index (χ0v) is 24.6. The molecule has 5 atom stereocenters. The molecular formula is C29H31NO15. The second-order valence-corrected chi connectivity index (χ2v) is 9.87. The van der Waals surface area contributed by atoms with Gasteiger partial charge in [0.05, 0.1) is 4.92 Å². The second kappa shape index (κ2) is 15.0. The van der Waals surface area contributed by atoms with Crippen LogP contribution in [0.1, 0.15) is 50.0 Å². The fourth-order valence-corrected chi connectivity index (χ4v) is 4.54. The van der Waals surface area contributed by atoms with Crippen molar-refractivity contribution in [3.63, 3.8) is 0 Å². The molecule has 0 radical (unpaired) electrons. The summed E-state index contributed by atoms with van der Waals surface area (Å²) in [5.74, 6) is -5.65. The molecule has 0 aliphatic carbocycles. The first-order chi connectivity index (χ1) is 21.2. The molecule has 2 aromatic rings. The quantitative estimate of drug-likeness (QED) is 0.112. The van der Waals surface area contributed by atoms with E-state index >= 15 is 0 Å². The van der Waals surface area contributed by atoms with E-state index in [9.17, 15) is 44.3 Å². The van der Waals surface area contributed by atoms with E-state index in [4.69, 9.17) is 28.4 Å². The minimum atomic E-state index is -1.74. The van der Waals surface area contributed by atoms with E-state index < -0.39 is 94.7 Å². The van der Waals surface area contributed by atoms with Gasteiger partial charge in [0.2, 0.25) is 12.4 Å². The van der Waals surface area contributed by atoms with Crippen LogP contribution in [0.2, 0.25) is 0 Å². The number of non-ortho nitro benzene ring substituents is 1. The molecule has 0 amide bonds. The van der Waals surface area contributed by atoms with Gasteiger partial charge in [-0.15, -0.1) is 0 Å². The molecule has 2 aromatic carbocycles. The van der Waals surface area contributed by atoms with Gasteiger partial charge in [-0.2, -0.15) is 0 Å². The van der Waals surface area contributed by atoms with Gasteiger partial charge in [-0.25, -0.2) is 0 Å². The van der Waals surface area contributed by atoms with Crippen LogP contribution < -0.4 is 4.74 Å². The summed E-state index contributed by atoms with van der Waals surface area (Å²) in [7, 11) is 0. The third-order valence-corrected chi connectivity index (χ3v) is 6.32. The van der Waals surface area contributed by atoms with Gasteiger partial charge in [-0.1, -0.05) is 12.1 Å². The number of rotatable bonds is 12. The highest BCUT2D eigenvalue weighted by Crippen LogP contribution is 2.37. The van der Waals surface area contributed by atoms with Crippen molar-refractivity contribution >= 4 is 35.3 Å². The molecule has 1 fully saturated rings. The zero-order chi connectivity index (χ0) is 33.4. The maximum absolute atomic E-state index is 13.3. The Hall–Kier alpha value is -5.25. The molecule has 1 heterocycles. The van der Waals surface area contributed by atoms with Crippen molar-refractivity contribution in [3.8, 4) is 17.2 Å². The number of nitro groups is 1. The topological polar surface area (TPSA) is 224 Å². The number of aromatic hydroxyl groups is 2. The second-order valence-electron chi connectivity index (χ2n) is 9.87. The number of phenols is 2. The van der Waals surface area contributed by atoms with Crippen LogP contribution >= 0.6 is 0 Å². The number of hydrogen-bond acceptors (Lipinski definition) is 15. The number of benzene rings is 2. The van der Waals surface area contributed by atoms with Crippen LogP contribution in [0.5, 0.6) is 17.2 Å². The highest BCUT2D eigenvalue weighted by Gasteiger charge is 2.53. The Balaban J connectivity index is 2.00. The molecule has 3 rings (SSSR count). The predicted octanol–water partition coefficient (Wildman–Crippen LogP) is 2.28. The van der Waals surface area contributed by atoms with Gasteiger partial charge < -0.3 is 38.6 Å². The normalized spacial score (nSPS) is 20.8. The number of nitrogens with zero attached hydrogens (tertiary/aromatic N) is 1. The average Bonchev–Trinajstić information content (AvgIpc) is 2.93. The summed E-state index contributed by atoms with van der Waals surface area (Å²) in [6, 6.07) is 7.36. The summed E-state index contributed by atoms with van der Waals surface area (Å²) in [5.41, 5.74) is 0.0404. The molecule has 242 valence electrons. The molecule has 1 aliphatic rings. The molecule has 0 bridgehead atoms. The molecule has 1 saturated heterocycles. The molecule has 0 aromatic heterocycles. The fraction of sp³-hybridized carbons (Fsp3) is 0.414. The van der Waals surface area contributed by atoms with Gasteiger partial charge in [0.1, 0.15) is 35.5 Å².